The lowest BCUT2D eigenvalue weighted by molar-refractivity contribution is 0.680. The topological polar surface area (TPSA) is 54.2 Å². The minimum Gasteiger partial charge on any atom is -0.364 e. The monoisotopic (exact) mass is 389 g/mol. The highest BCUT2D eigenvalue weighted by molar-refractivity contribution is 7.80. The number of aromatic nitrogens is 2. The van der Waals surface area contributed by atoms with Gasteiger partial charge in [0, 0.05) is 22.7 Å². The van der Waals surface area contributed by atoms with Gasteiger partial charge in [0.05, 0.1) is 24.0 Å². The van der Waals surface area contributed by atoms with Crippen molar-refractivity contribution in [1.29, 1.82) is 0 Å². The van der Waals surface area contributed by atoms with Crippen LogP contribution in [0, 0.1) is 6.92 Å². The van der Waals surface area contributed by atoms with Crippen molar-refractivity contribution in [3.8, 4) is 0 Å². The van der Waals surface area contributed by atoms with Crippen molar-refractivity contribution in [3.63, 3.8) is 0 Å². The van der Waals surface area contributed by atoms with Crippen LogP contribution >= 0.6 is 47.0 Å². The van der Waals surface area contributed by atoms with E-state index in [0.717, 1.165) is 11.3 Å². The fraction of sp³-hybridized carbons (Fsp3) is 0.214. The Morgan fingerprint density at radius 2 is 2.00 bits per heavy atom. The van der Waals surface area contributed by atoms with Crippen molar-refractivity contribution >= 4 is 58.3 Å². The molecule has 0 bridgehead atoms. The van der Waals surface area contributed by atoms with Gasteiger partial charge in [-0.3, -0.25) is 5.43 Å². The number of aryl methyl sites for hydroxylation is 1. The number of halogens is 3. The molecule has 0 aliphatic carbocycles. The minimum atomic E-state index is 0.369. The van der Waals surface area contributed by atoms with Gasteiger partial charge in [-0.15, -0.1) is 0 Å². The van der Waals surface area contributed by atoms with E-state index in [1.807, 2.05) is 6.92 Å². The van der Waals surface area contributed by atoms with E-state index in [2.05, 4.69) is 20.9 Å². The Hall–Kier alpha value is -1.34. The molecule has 2 N–H and O–H groups in total. The van der Waals surface area contributed by atoms with Crippen LogP contribution in [0.15, 0.2) is 23.3 Å². The molecule has 0 aliphatic heterocycles. The SMILES string of the molecule is CNC(=S)N/N=C/c1c(C)nn(Cc2c(Cl)cccc2Cl)c1Cl. The number of hydrogen-bond acceptors (Lipinski definition) is 3. The van der Waals surface area contributed by atoms with Crippen molar-refractivity contribution in [2.75, 3.05) is 7.05 Å². The first-order valence-electron chi connectivity index (χ1n) is 6.60. The Morgan fingerprint density at radius 1 is 1.35 bits per heavy atom. The molecule has 2 rings (SSSR count). The lowest BCUT2D eigenvalue weighted by atomic mass is 10.2. The first-order valence-corrected chi connectivity index (χ1v) is 8.14. The van der Waals surface area contributed by atoms with E-state index in [4.69, 9.17) is 47.0 Å². The molecular weight excluding hydrogens is 377 g/mol. The summed E-state index contributed by atoms with van der Waals surface area (Å²) in [6, 6.07) is 5.34. The molecule has 0 spiro atoms. The maximum absolute atomic E-state index is 6.38. The van der Waals surface area contributed by atoms with Crippen LogP contribution in [0.2, 0.25) is 15.2 Å². The third kappa shape index (κ3) is 4.35. The molecule has 0 unspecified atom stereocenters. The van der Waals surface area contributed by atoms with Gasteiger partial charge in [-0.25, -0.2) is 4.68 Å². The van der Waals surface area contributed by atoms with Crippen LogP contribution in [0.25, 0.3) is 0 Å². The average Bonchev–Trinajstić information content (AvgIpc) is 2.78. The van der Waals surface area contributed by atoms with Crippen molar-refractivity contribution in [2.45, 2.75) is 13.5 Å². The highest BCUT2D eigenvalue weighted by atomic mass is 35.5. The number of hydrazone groups is 1. The Balaban J connectivity index is 2.25. The molecule has 0 fully saturated rings. The fourth-order valence-corrected chi connectivity index (χ4v) is 2.72. The van der Waals surface area contributed by atoms with Gasteiger partial charge in [0.25, 0.3) is 0 Å². The van der Waals surface area contributed by atoms with Crippen LogP contribution in [0.4, 0.5) is 0 Å². The molecule has 1 aromatic heterocycles. The second-order valence-electron chi connectivity index (χ2n) is 4.60. The van der Waals surface area contributed by atoms with Gasteiger partial charge in [0.1, 0.15) is 5.15 Å². The summed E-state index contributed by atoms with van der Waals surface area (Å²) in [7, 11) is 1.70. The Kier molecular flexibility index (Phi) is 6.24. The van der Waals surface area contributed by atoms with E-state index in [0.29, 0.717) is 32.4 Å². The number of thiocarbonyl (C=S) groups is 1. The maximum atomic E-state index is 6.38. The summed E-state index contributed by atoms with van der Waals surface area (Å²) in [4.78, 5) is 0. The summed E-state index contributed by atoms with van der Waals surface area (Å²) in [5.74, 6) is 0. The first-order chi connectivity index (χ1) is 10.9. The first kappa shape index (κ1) is 18.0. The van der Waals surface area contributed by atoms with Crippen LogP contribution < -0.4 is 10.7 Å². The van der Waals surface area contributed by atoms with Crippen LogP contribution in [-0.4, -0.2) is 28.2 Å². The number of rotatable bonds is 4. The van der Waals surface area contributed by atoms with Gasteiger partial charge in [0.15, 0.2) is 5.11 Å². The molecule has 5 nitrogen and oxygen atoms in total. The molecule has 0 amide bonds. The highest BCUT2D eigenvalue weighted by Gasteiger charge is 2.14. The Labute approximate surface area is 154 Å². The zero-order valence-electron chi connectivity index (χ0n) is 12.4. The van der Waals surface area contributed by atoms with Gasteiger partial charge in [0.2, 0.25) is 0 Å². The Bertz CT molecular complexity index is 737. The molecule has 0 saturated heterocycles. The van der Waals surface area contributed by atoms with E-state index in [-0.39, 0.29) is 0 Å². The molecule has 122 valence electrons. The average molecular weight is 391 g/mol. The van der Waals surface area contributed by atoms with Crippen molar-refractivity contribution in [3.05, 3.63) is 50.2 Å². The van der Waals surface area contributed by atoms with Crippen molar-refractivity contribution in [1.82, 2.24) is 20.5 Å². The van der Waals surface area contributed by atoms with E-state index < -0.39 is 0 Å². The molecule has 0 atom stereocenters. The zero-order valence-corrected chi connectivity index (χ0v) is 15.5. The van der Waals surface area contributed by atoms with Crippen molar-refractivity contribution in [2.24, 2.45) is 5.10 Å². The molecular formula is C14H14Cl3N5S. The van der Waals surface area contributed by atoms with Crippen LogP contribution in [0.5, 0.6) is 0 Å². The lowest BCUT2D eigenvalue weighted by Crippen LogP contribution is -2.28. The fourth-order valence-electron chi connectivity index (χ4n) is 1.86. The molecule has 1 aromatic carbocycles. The normalized spacial score (nSPS) is 11.0. The second kappa shape index (κ2) is 7.97. The highest BCUT2D eigenvalue weighted by Crippen LogP contribution is 2.27. The van der Waals surface area contributed by atoms with E-state index in [1.165, 1.54) is 0 Å². The maximum Gasteiger partial charge on any atom is 0.186 e. The number of hydrogen-bond donors (Lipinski definition) is 2. The number of benzene rings is 1. The summed E-state index contributed by atoms with van der Waals surface area (Å²) in [5.41, 5.74) is 4.86. The van der Waals surface area contributed by atoms with Gasteiger partial charge < -0.3 is 5.32 Å². The predicted molar refractivity (Wildman–Crippen MR) is 99.9 cm³/mol. The van der Waals surface area contributed by atoms with Crippen LogP contribution in [0.3, 0.4) is 0 Å². The summed E-state index contributed by atoms with van der Waals surface area (Å²) >= 11 is 23.7. The van der Waals surface area contributed by atoms with Crippen LogP contribution in [0.1, 0.15) is 16.8 Å². The molecule has 23 heavy (non-hydrogen) atoms. The van der Waals surface area contributed by atoms with Crippen molar-refractivity contribution < 1.29 is 0 Å². The van der Waals surface area contributed by atoms with E-state index >= 15 is 0 Å². The van der Waals surface area contributed by atoms with Gasteiger partial charge in [-0.05, 0) is 31.3 Å². The summed E-state index contributed by atoms with van der Waals surface area (Å²) in [5, 5.41) is 13.2. The molecule has 0 radical (unpaired) electrons. The summed E-state index contributed by atoms with van der Waals surface area (Å²) in [6.07, 6.45) is 1.57. The molecule has 9 heteroatoms. The number of nitrogens with zero attached hydrogens (tertiary/aromatic N) is 3. The molecule has 1 heterocycles. The third-order valence-electron chi connectivity index (χ3n) is 3.07. The predicted octanol–water partition coefficient (Wildman–Crippen LogP) is 3.63. The van der Waals surface area contributed by atoms with Gasteiger partial charge in [-0.1, -0.05) is 40.9 Å². The molecule has 0 aliphatic rings. The van der Waals surface area contributed by atoms with Gasteiger partial charge in [-0.2, -0.15) is 10.2 Å². The third-order valence-corrected chi connectivity index (χ3v) is 4.47. The quantitative estimate of drug-likeness (QED) is 0.475. The second-order valence-corrected chi connectivity index (χ2v) is 6.18. The van der Waals surface area contributed by atoms with Gasteiger partial charge >= 0.3 is 0 Å². The van der Waals surface area contributed by atoms with E-state index in [9.17, 15) is 0 Å². The lowest BCUT2D eigenvalue weighted by Gasteiger charge is -2.08. The smallest absolute Gasteiger partial charge is 0.186 e. The van der Waals surface area contributed by atoms with Crippen LogP contribution in [-0.2, 0) is 6.54 Å². The molecule has 2 aromatic rings. The minimum absolute atomic E-state index is 0.369. The summed E-state index contributed by atoms with van der Waals surface area (Å²) < 4.78 is 1.63. The summed E-state index contributed by atoms with van der Waals surface area (Å²) in [6.45, 7) is 2.21. The Morgan fingerprint density at radius 3 is 2.61 bits per heavy atom. The van der Waals surface area contributed by atoms with E-state index in [1.54, 1.807) is 36.1 Å². The largest absolute Gasteiger partial charge is 0.364 e. The zero-order chi connectivity index (χ0) is 17.0. The number of nitrogens with one attached hydrogen (secondary N) is 2. The molecule has 0 saturated carbocycles. The standard InChI is InChI=1S/C14H14Cl3N5S/c1-8-9(6-19-20-14(23)18-2)13(17)22(21-8)7-10-11(15)4-3-5-12(10)16/h3-6H,7H2,1-2H3,(H2,18,20,23)/b19-6+.